The lowest BCUT2D eigenvalue weighted by molar-refractivity contribution is 0.0476. The highest BCUT2D eigenvalue weighted by molar-refractivity contribution is 7.53. The molecule has 0 spiro atoms. The number of H-pyrrole nitrogens is 1. The van der Waals surface area contributed by atoms with Gasteiger partial charge in [-0.15, -0.1) is 0 Å². The molecule has 0 fully saturated rings. The summed E-state index contributed by atoms with van der Waals surface area (Å²) in [5.41, 5.74) is -4.34. The molecule has 3 N–H and O–H groups in total. The van der Waals surface area contributed by atoms with E-state index in [4.69, 9.17) is 9.79 Å². The number of aryl methyl sites for hydroxylation is 2. The molecular formula is C14H23F2N2O5P. The first-order valence-electron chi connectivity index (χ1n) is 7.78. The smallest absolute Gasteiger partial charge is 0.320 e. The molecule has 0 aromatic carbocycles. The summed E-state index contributed by atoms with van der Waals surface area (Å²) >= 11 is 0. The van der Waals surface area contributed by atoms with Crippen molar-refractivity contribution in [1.29, 1.82) is 0 Å². The molecule has 24 heavy (non-hydrogen) atoms. The Morgan fingerprint density at radius 3 is 2.25 bits per heavy atom. The maximum atomic E-state index is 13.0. The fourth-order valence-electron chi connectivity index (χ4n) is 2.26. The molecule has 0 radical (unpaired) electrons. The fourth-order valence-corrected chi connectivity index (χ4v) is 2.71. The van der Waals surface area contributed by atoms with Crippen LogP contribution in [0.15, 0.2) is 15.8 Å². The minimum Gasteiger partial charge on any atom is -0.320 e. The van der Waals surface area contributed by atoms with E-state index in [1.165, 1.54) is 10.8 Å². The topological polar surface area (TPSA) is 112 Å². The van der Waals surface area contributed by atoms with Crippen molar-refractivity contribution in [2.45, 2.75) is 64.1 Å². The average Bonchev–Trinajstić information content (AvgIpc) is 2.45. The van der Waals surface area contributed by atoms with E-state index in [0.717, 1.165) is 12.8 Å². The molecule has 0 aliphatic heterocycles. The van der Waals surface area contributed by atoms with Crippen molar-refractivity contribution in [3.63, 3.8) is 0 Å². The standard InChI is InChI=1S/C14H23F2N2O5P/c1-11-10-18(13(20)17-12(11)19)9-7-5-3-2-4-6-8-14(15,16)24(21,22)23/h10H,2-9H2,1H3,(H,17,19,20)(H2,21,22,23). The Hall–Kier alpha value is -1.31. The van der Waals surface area contributed by atoms with E-state index in [0.29, 0.717) is 31.4 Å². The van der Waals surface area contributed by atoms with Crippen molar-refractivity contribution in [3.05, 3.63) is 32.6 Å². The number of nitrogens with one attached hydrogen (secondary N) is 1. The maximum Gasteiger partial charge on any atom is 0.394 e. The molecule has 0 saturated heterocycles. The molecule has 0 aliphatic carbocycles. The predicted molar refractivity (Wildman–Crippen MR) is 85.4 cm³/mol. The molecule has 0 bridgehead atoms. The van der Waals surface area contributed by atoms with Gasteiger partial charge in [-0.1, -0.05) is 25.7 Å². The maximum absolute atomic E-state index is 13.0. The lowest BCUT2D eigenvalue weighted by atomic mass is 10.1. The number of rotatable bonds is 10. The van der Waals surface area contributed by atoms with E-state index in [9.17, 15) is 22.9 Å². The number of aromatic nitrogens is 2. The Morgan fingerprint density at radius 1 is 1.12 bits per heavy atom. The van der Waals surface area contributed by atoms with Gasteiger partial charge in [0.2, 0.25) is 0 Å². The molecule has 138 valence electrons. The highest BCUT2D eigenvalue weighted by Gasteiger charge is 2.47. The number of hydrogen-bond acceptors (Lipinski definition) is 3. The first-order valence-corrected chi connectivity index (χ1v) is 9.40. The zero-order valence-electron chi connectivity index (χ0n) is 13.5. The third-order valence-corrected chi connectivity index (χ3v) is 4.82. The summed E-state index contributed by atoms with van der Waals surface area (Å²) < 4.78 is 38.0. The molecular weight excluding hydrogens is 345 g/mol. The van der Waals surface area contributed by atoms with Crippen LogP contribution in [0.4, 0.5) is 8.78 Å². The number of hydrogen-bond donors (Lipinski definition) is 3. The zero-order chi connectivity index (χ0) is 18.4. The van der Waals surface area contributed by atoms with Crippen LogP contribution in [-0.2, 0) is 11.1 Å². The van der Waals surface area contributed by atoms with Crippen LogP contribution in [0, 0.1) is 6.92 Å². The van der Waals surface area contributed by atoms with Crippen LogP contribution >= 0.6 is 7.60 Å². The Bertz CT molecular complexity index is 695. The summed E-state index contributed by atoms with van der Waals surface area (Å²) in [7, 11) is -5.37. The molecule has 0 unspecified atom stereocenters. The second kappa shape index (κ2) is 8.69. The van der Waals surface area contributed by atoms with Gasteiger partial charge in [0, 0.05) is 24.7 Å². The summed E-state index contributed by atoms with van der Waals surface area (Å²) in [5, 5.41) is 0. The summed E-state index contributed by atoms with van der Waals surface area (Å²) in [6, 6.07) is 0. The number of nitrogens with zero attached hydrogens (tertiary/aromatic N) is 1. The van der Waals surface area contributed by atoms with Gasteiger partial charge in [-0.25, -0.2) is 4.79 Å². The van der Waals surface area contributed by atoms with Crippen LogP contribution < -0.4 is 11.2 Å². The number of aromatic amines is 1. The second-order valence-electron chi connectivity index (χ2n) is 5.85. The average molecular weight is 368 g/mol. The van der Waals surface area contributed by atoms with Crippen molar-refractivity contribution in [2.75, 3.05) is 0 Å². The minimum atomic E-state index is -5.37. The van der Waals surface area contributed by atoms with Gasteiger partial charge >= 0.3 is 18.9 Å². The molecule has 0 aliphatic rings. The van der Waals surface area contributed by atoms with Crippen LogP contribution in [0.3, 0.4) is 0 Å². The van der Waals surface area contributed by atoms with Crippen molar-refractivity contribution >= 4 is 7.60 Å². The van der Waals surface area contributed by atoms with Gasteiger partial charge in [0.1, 0.15) is 0 Å². The zero-order valence-corrected chi connectivity index (χ0v) is 14.4. The molecule has 0 amide bonds. The number of halogens is 2. The van der Waals surface area contributed by atoms with Crippen molar-refractivity contribution < 1.29 is 23.1 Å². The highest BCUT2D eigenvalue weighted by atomic mass is 31.2. The monoisotopic (exact) mass is 368 g/mol. The van der Waals surface area contributed by atoms with Gasteiger partial charge in [-0.3, -0.25) is 14.3 Å². The largest absolute Gasteiger partial charge is 0.394 e. The lowest BCUT2D eigenvalue weighted by Crippen LogP contribution is -2.30. The van der Waals surface area contributed by atoms with E-state index in [2.05, 4.69) is 4.98 Å². The van der Waals surface area contributed by atoms with Gasteiger partial charge in [-0.2, -0.15) is 8.78 Å². The van der Waals surface area contributed by atoms with Crippen molar-refractivity contribution in [3.8, 4) is 0 Å². The van der Waals surface area contributed by atoms with Gasteiger partial charge in [0.05, 0.1) is 0 Å². The van der Waals surface area contributed by atoms with Gasteiger partial charge in [0.15, 0.2) is 0 Å². The Labute approximate surface area is 137 Å². The van der Waals surface area contributed by atoms with Crippen LogP contribution in [0.25, 0.3) is 0 Å². The molecule has 7 nitrogen and oxygen atoms in total. The van der Waals surface area contributed by atoms with E-state index in [-0.39, 0.29) is 6.42 Å². The van der Waals surface area contributed by atoms with Crippen molar-refractivity contribution in [2.24, 2.45) is 0 Å². The minimum absolute atomic E-state index is 0.0523. The van der Waals surface area contributed by atoms with E-state index in [1.54, 1.807) is 6.92 Å². The van der Waals surface area contributed by atoms with Crippen LogP contribution in [0.2, 0.25) is 0 Å². The van der Waals surface area contributed by atoms with Crippen LogP contribution in [-0.4, -0.2) is 25.0 Å². The third kappa shape index (κ3) is 6.30. The van der Waals surface area contributed by atoms with E-state index in [1.807, 2.05) is 0 Å². The molecule has 1 aromatic heterocycles. The SMILES string of the molecule is Cc1cn(CCCCCCCCC(F)(F)P(=O)(O)O)c(=O)[nH]c1=O. The highest BCUT2D eigenvalue weighted by Crippen LogP contribution is 2.55. The molecule has 1 rings (SSSR count). The lowest BCUT2D eigenvalue weighted by Gasteiger charge is -2.17. The Kier molecular flexibility index (Phi) is 7.51. The summed E-state index contributed by atoms with van der Waals surface area (Å²) in [6.45, 7) is 2.08. The molecule has 1 aromatic rings. The Balaban J connectivity index is 2.20. The third-order valence-electron chi connectivity index (χ3n) is 3.74. The normalized spacial score (nSPS) is 12.5. The summed E-state index contributed by atoms with van der Waals surface area (Å²) in [4.78, 5) is 42.0. The predicted octanol–water partition coefficient (Wildman–Crippen LogP) is 2.35. The molecule has 10 heteroatoms. The molecule has 0 saturated carbocycles. The fraction of sp³-hybridized carbons (Fsp3) is 0.714. The second-order valence-corrected chi connectivity index (χ2v) is 7.59. The van der Waals surface area contributed by atoms with E-state index >= 15 is 0 Å². The van der Waals surface area contributed by atoms with Gasteiger partial charge < -0.3 is 14.4 Å². The van der Waals surface area contributed by atoms with Crippen LogP contribution in [0.1, 0.15) is 50.5 Å². The first-order chi connectivity index (χ1) is 11.0. The molecule has 1 heterocycles. The summed E-state index contributed by atoms with van der Waals surface area (Å²) in [6.07, 6.45) is 4.16. The quantitative estimate of drug-likeness (QED) is 0.433. The van der Waals surface area contributed by atoms with E-state index < -0.39 is 30.9 Å². The first kappa shape index (κ1) is 20.7. The number of unbranched alkanes of at least 4 members (excludes halogenated alkanes) is 5. The van der Waals surface area contributed by atoms with Crippen LogP contribution in [0.5, 0.6) is 0 Å². The van der Waals surface area contributed by atoms with Gasteiger partial charge in [0.25, 0.3) is 5.56 Å². The van der Waals surface area contributed by atoms with Gasteiger partial charge in [-0.05, 0) is 19.8 Å². The Morgan fingerprint density at radius 2 is 1.67 bits per heavy atom. The summed E-state index contributed by atoms with van der Waals surface area (Å²) in [5.74, 6) is 0. The van der Waals surface area contributed by atoms with Crippen molar-refractivity contribution in [1.82, 2.24) is 9.55 Å². The number of alkyl halides is 2. The molecule has 0 atom stereocenters.